The molecule has 0 aromatic carbocycles. The van der Waals surface area contributed by atoms with Gasteiger partial charge >= 0.3 is 0 Å². The van der Waals surface area contributed by atoms with E-state index in [1.54, 1.807) is 0 Å². The molecule has 1 atom stereocenters. The molecule has 1 heterocycles. The Kier molecular flexibility index (Phi) is 7.44. The maximum Gasteiger partial charge on any atom is 0.239 e. The first-order valence-corrected chi connectivity index (χ1v) is 8.03. The predicted molar refractivity (Wildman–Crippen MR) is 81.1 cm³/mol. The van der Waals surface area contributed by atoms with Gasteiger partial charge in [-0.15, -0.1) is 0 Å². The second kappa shape index (κ2) is 8.57. The molecule has 0 spiro atoms. The van der Waals surface area contributed by atoms with Crippen LogP contribution >= 0.6 is 0 Å². The molecule has 0 bridgehead atoms. The van der Waals surface area contributed by atoms with Crippen LogP contribution in [0.3, 0.4) is 0 Å². The van der Waals surface area contributed by atoms with Crippen LogP contribution in [0, 0.1) is 11.8 Å². The van der Waals surface area contributed by atoms with Crippen LogP contribution in [0.2, 0.25) is 0 Å². The summed E-state index contributed by atoms with van der Waals surface area (Å²) >= 11 is 0. The van der Waals surface area contributed by atoms with Crippen molar-refractivity contribution in [1.29, 1.82) is 0 Å². The minimum absolute atomic E-state index is 0.0249. The molecule has 1 N–H and O–H groups in total. The topological polar surface area (TPSA) is 32.3 Å². The highest BCUT2D eigenvalue weighted by Gasteiger charge is 2.25. The van der Waals surface area contributed by atoms with Gasteiger partial charge in [-0.1, -0.05) is 27.7 Å². The zero-order chi connectivity index (χ0) is 14.3. The highest BCUT2D eigenvalue weighted by Crippen LogP contribution is 2.14. The van der Waals surface area contributed by atoms with E-state index in [-0.39, 0.29) is 6.04 Å². The van der Waals surface area contributed by atoms with Gasteiger partial charge in [0, 0.05) is 13.1 Å². The van der Waals surface area contributed by atoms with Gasteiger partial charge in [-0.05, 0) is 50.5 Å². The molecule has 112 valence electrons. The van der Waals surface area contributed by atoms with E-state index in [1.165, 1.54) is 19.3 Å². The van der Waals surface area contributed by atoms with Crippen molar-refractivity contribution in [3.63, 3.8) is 0 Å². The van der Waals surface area contributed by atoms with Crippen LogP contribution < -0.4 is 5.32 Å². The second-order valence-corrected chi connectivity index (χ2v) is 6.70. The molecule has 1 amide bonds. The van der Waals surface area contributed by atoms with E-state index in [0.717, 1.165) is 32.5 Å². The first-order chi connectivity index (χ1) is 9.00. The third kappa shape index (κ3) is 6.42. The molecule has 1 aliphatic rings. The Morgan fingerprint density at radius 2 is 1.68 bits per heavy atom. The molecule has 1 aliphatic heterocycles. The quantitative estimate of drug-likeness (QED) is 0.769. The number of carbonyl (C=O) groups is 1. The molecule has 19 heavy (non-hydrogen) atoms. The zero-order valence-electron chi connectivity index (χ0n) is 13.2. The van der Waals surface area contributed by atoms with E-state index in [0.29, 0.717) is 17.7 Å². The summed E-state index contributed by atoms with van der Waals surface area (Å²) in [4.78, 5) is 14.6. The van der Waals surface area contributed by atoms with Gasteiger partial charge in [-0.3, -0.25) is 4.79 Å². The summed E-state index contributed by atoms with van der Waals surface area (Å²) in [5.74, 6) is 1.58. The van der Waals surface area contributed by atoms with Gasteiger partial charge in [-0.25, -0.2) is 0 Å². The lowest BCUT2D eigenvalue weighted by molar-refractivity contribution is -0.134. The Labute approximate surface area is 119 Å². The summed E-state index contributed by atoms with van der Waals surface area (Å²) in [7, 11) is 0. The molecular formula is C16H32N2O. The molecule has 0 aromatic heterocycles. The molecule has 0 saturated carbocycles. The van der Waals surface area contributed by atoms with Gasteiger partial charge < -0.3 is 10.2 Å². The van der Waals surface area contributed by atoms with Crippen molar-refractivity contribution in [2.45, 2.75) is 65.8 Å². The Morgan fingerprint density at radius 1 is 1.05 bits per heavy atom. The number of rotatable bonds is 7. The standard InChI is InChI=1S/C16H32N2O/c1-13(2)8-9-17-15(12-14(3)4)16(19)18-10-6-5-7-11-18/h13-15,17H,5-12H2,1-4H3. The Bertz CT molecular complexity index is 257. The van der Waals surface area contributed by atoms with Crippen LogP contribution in [0.5, 0.6) is 0 Å². The minimum Gasteiger partial charge on any atom is -0.341 e. The number of hydrogen-bond acceptors (Lipinski definition) is 2. The molecular weight excluding hydrogens is 236 g/mol. The van der Waals surface area contributed by atoms with Gasteiger partial charge in [0.1, 0.15) is 0 Å². The summed E-state index contributed by atoms with van der Waals surface area (Å²) in [6, 6.07) is 0.0249. The lowest BCUT2D eigenvalue weighted by Crippen LogP contribution is -2.49. The van der Waals surface area contributed by atoms with Crippen LogP contribution in [0.15, 0.2) is 0 Å². The van der Waals surface area contributed by atoms with Gasteiger partial charge in [0.15, 0.2) is 0 Å². The fraction of sp³-hybridized carbons (Fsp3) is 0.938. The van der Waals surface area contributed by atoms with Crippen LogP contribution in [0.25, 0.3) is 0 Å². The van der Waals surface area contributed by atoms with Crippen LogP contribution in [0.1, 0.15) is 59.8 Å². The van der Waals surface area contributed by atoms with Crippen LogP contribution in [0.4, 0.5) is 0 Å². The summed E-state index contributed by atoms with van der Waals surface area (Å²) in [5, 5.41) is 3.49. The first-order valence-electron chi connectivity index (χ1n) is 8.03. The van der Waals surface area contributed by atoms with Crippen molar-refractivity contribution in [2.24, 2.45) is 11.8 Å². The lowest BCUT2D eigenvalue weighted by atomic mass is 10.0. The summed E-state index contributed by atoms with van der Waals surface area (Å²) < 4.78 is 0. The van der Waals surface area contributed by atoms with E-state index in [4.69, 9.17) is 0 Å². The Balaban J connectivity index is 2.48. The molecule has 0 aliphatic carbocycles. The Hall–Kier alpha value is -0.570. The maximum absolute atomic E-state index is 12.6. The lowest BCUT2D eigenvalue weighted by Gasteiger charge is -2.31. The van der Waals surface area contributed by atoms with E-state index < -0.39 is 0 Å². The highest BCUT2D eigenvalue weighted by molar-refractivity contribution is 5.82. The summed E-state index contributed by atoms with van der Waals surface area (Å²) in [5.41, 5.74) is 0. The monoisotopic (exact) mass is 268 g/mol. The fourth-order valence-electron chi connectivity index (χ4n) is 2.62. The van der Waals surface area contributed by atoms with Crippen molar-refractivity contribution < 1.29 is 4.79 Å². The molecule has 3 nitrogen and oxygen atoms in total. The van der Waals surface area contributed by atoms with Crippen molar-refractivity contribution >= 4 is 5.91 Å². The second-order valence-electron chi connectivity index (χ2n) is 6.70. The van der Waals surface area contributed by atoms with Crippen LogP contribution in [-0.2, 0) is 4.79 Å². The third-order valence-corrected chi connectivity index (χ3v) is 3.79. The largest absolute Gasteiger partial charge is 0.341 e. The van der Waals surface area contributed by atoms with Gasteiger partial charge in [0.2, 0.25) is 5.91 Å². The molecule has 0 aromatic rings. The van der Waals surface area contributed by atoms with Crippen molar-refractivity contribution in [2.75, 3.05) is 19.6 Å². The molecule has 0 radical (unpaired) electrons. The number of likely N-dealkylation sites (tertiary alicyclic amines) is 1. The molecule has 1 saturated heterocycles. The third-order valence-electron chi connectivity index (χ3n) is 3.79. The smallest absolute Gasteiger partial charge is 0.239 e. The highest BCUT2D eigenvalue weighted by atomic mass is 16.2. The summed E-state index contributed by atoms with van der Waals surface area (Å²) in [6.45, 7) is 11.7. The first kappa shape index (κ1) is 16.5. The average molecular weight is 268 g/mol. The van der Waals surface area contributed by atoms with Gasteiger partial charge in [-0.2, -0.15) is 0 Å². The number of nitrogens with one attached hydrogen (secondary N) is 1. The zero-order valence-corrected chi connectivity index (χ0v) is 13.2. The minimum atomic E-state index is 0.0249. The van der Waals surface area contributed by atoms with Crippen molar-refractivity contribution in [3.05, 3.63) is 0 Å². The number of piperidine rings is 1. The van der Waals surface area contributed by atoms with E-state index >= 15 is 0 Å². The predicted octanol–water partition coefficient (Wildman–Crippen LogP) is 3.05. The number of carbonyl (C=O) groups excluding carboxylic acids is 1. The van der Waals surface area contributed by atoms with E-state index in [2.05, 4.69) is 37.9 Å². The molecule has 1 rings (SSSR count). The number of amides is 1. The van der Waals surface area contributed by atoms with E-state index in [9.17, 15) is 4.79 Å². The SMILES string of the molecule is CC(C)CCNC(CC(C)C)C(=O)N1CCCCC1. The van der Waals surface area contributed by atoms with Crippen LogP contribution in [-0.4, -0.2) is 36.5 Å². The van der Waals surface area contributed by atoms with Crippen molar-refractivity contribution in [3.8, 4) is 0 Å². The maximum atomic E-state index is 12.6. The molecule has 3 heteroatoms. The summed E-state index contributed by atoms with van der Waals surface area (Å²) in [6.07, 6.45) is 5.72. The van der Waals surface area contributed by atoms with Crippen molar-refractivity contribution in [1.82, 2.24) is 10.2 Å². The van der Waals surface area contributed by atoms with Gasteiger partial charge in [0.25, 0.3) is 0 Å². The average Bonchev–Trinajstić information content (AvgIpc) is 2.37. The Morgan fingerprint density at radius 3 is 2.21 bits per heavy atom. The van der Waals surface area contributed by atoms with E-state index in [1.807, 2.05) is 0 Å². The number of hydrogen-bond donors (Lipinski definition) is 1. The molecule has 1 unspecified atom stereocenters. The fourth-order valence-corrected chi connectivity index (χ4v) is 2.62. The normalized spacial score (nSPS) is 18.1. The molecule has 1 fully saturated rings. The van der Waals surface area contributed by atoms with Gasteiger partial charge in [0.05, 0.1) is 6.04 Å². The number of nitrogens with zero attached hydrogens (tertiary/aromatic N) is 1.